The molecule has 3 aliphatic rings. The average Bonchev–Trinajstić information content (AvgIpc) is 3.17. The van der Waals surface area contributed by atoms with E-state index in [-0.39, 0.29) is 29.3 Å². The fraction of sp³-hybridized carbons (Fsp3) is 0.545. The monoisotopic (exact) mass is 338 g/mol. The quantitative estimate of drug-likeness (QED) is 0.584. The van der Waals surface area contributed by atoms with Gasteiger partial charge in [0, 0.05) is 11.8 Å². The highest BCUT2D eigenvalue weighted by Gasteiger charge is 2.44. The second-order valence-electron chi connectivity index (χ2n) is 7.87. The number of benzene rings is 1. The molecular weight excluding hydrogens is 312 g/mol. The molecule has 132 valence electrons. The fourth-order valence-corrected chi connectivity index (χ4v) is 4.86. The Morgan fingerprint density at radius 2 is 2.00 bits per heavy atom. The van der Waals surface area contributed by atoms with Crippen molar-refractivity contribution < 1.29 is 14.3 Å². The number of hydrogen-bond donors (Lipinski definition) is 0. The highest BCUT2D eigenvalue weighted by Crippen LogP contribution is 2.46. The van der Waals surface area contributed by atoms with E-state index in [4.69, 9.17) is 4.74 Å². The SMILES string of the molecule is CCC1(OC(=O)c2cccc(C3CC4C=CC3C4=O)c2)CCCCC1. The van der Waals surface area contributed by atoms with Crippen LogP contribution >= 0.6 is 0 Å². The van der Waals surface area contributed by atoms with Crippen LogP contribution in [0.15, 0.2) is 36.4 Å². The standard InChI is InChI=1S/C22H26O3/c1-2-22(11-4-3-5-12-22)25-21(24)17-8-6-7-15(13-17)19-14-16-9-10-18(19)20(16)23/h6-10,13,16,18-19H,2-5,11-12,14H2,1H3. The molecule has 0 aromatic heterocycles. The summed E-state index contributed by atoms with van der Waals surface area (Å²) < 4.78 is 6.00. The maximum Gasteiger partial charge on any atom is 0.338 e. The minimum absolute atomic E-state index is 0.00315. The van der Waals surface area contributed by atoms with Crippen LogP contribution in [0.25, 0.3) is 0 Å². The molecule has 0 spiro atoms. The van der Waals surface area contributed by atoms with Crippen molar-refractivity contribution in [2.24, 2.45) is 11.8 Å². The number of ketones is 1. The van der Waals surface area contributed by atoms with Crippen LogP contribution in [-0.4, -0.2) is 17.4 Å². The number of rotatable bonds is 4. The van der Waals surface area contributed by atoms with Crippen molar-refractivity contribution in [1.29, 1.82) is 0 Å². The van der Waals surface area contributed by atoms with Gasteiger partial charge in [0.15, 0.2) is 0 Å². The summed E-state index contributed by atoms with van der Waals surface area (Å²) in [5.74, 6) is 0.415. The number of carbonyl (C=O) groups excluding carboxylic acids is 2. The Bertz CT molecular complexity index is 712. The minimum atomic E-state index is -0.281. The van der Waals surface area contributed by atoms with Gasteiger partial charge in [-0.3, -0.25) is 4.79 Å². The van der Waals surface area contributed by atoms with E-state index in [1.807, 2.05) is 36.4 Å². The van der Waals surface area contributed by atoms with E-state index in [1.54, 1.807) is 0 Å². The van der Waals surface area contributed by atoms with Crippen molar-refractivity contribution in [2.45, 2.75) is 63.4 Å². The smallest absolute Gasteiger partial charge is 0.338 e. The third-order valence-corrected chi connectivity index (χ3v) is 6.45. The number of Topliss-reactive ketones (excluding diaryl/α,β-unsaturated/α-hetero) is 1. The van der Waals surface area contributed by atoms with Gasteiger partial charge in [-0.05, 0) is 62.1 Å². The topological polar surface area (TPSA) is 43.4 Å². The third-order valence-electron chi connectivity index (χ3n) is 6.45. The first-order valence-electron chi connectivity index (χ1n) is 9.67. The molecule has 2 saturated carbocycles. The molecule has 1 aromatic carbocycles. The summed E-state index contributed by atoms with van der Waals surface area (Å²) in [7, 11) is 0. The van der Waals surface area contributed by atoms with E-state index in [0.29, 0.717) is 11.3 Å². The van der Waals surface area contributed by atoms with Crippen molar-refractivity contribution >= 4 is 11.8 Å². The zero-order valence-corrected chi connectivity index (χ0v) is 14.9. The van der Waals surface area contributed by atoms with Crippen LogP contribution in [0, 0.1) is 11.8 Å². The molecule has 3 atom stereocenters. The van der Waals surface area contributed by atoms with Crippen molar-refractivity contribution in [3.05, 3.63) is 47.5 Å². The van der Waals surface area contributed by atoms with E-state index < -0.39 is 0 Å². The van der Waals surface area contributed by atoms with Crippen LogP contribution in [0.2, 0.25) is 0 Å². The van der Waals surface area contributed by atoms with E-state index >= 15 is 0 Å². The molecule has 0 N–H and O–H groups in total. The molecule has 3 unspecified atom stereocenters. The number of fused-ring (bicyclic) bond motifs is 2. The first kappa shape index (κ1) is 16.6. The molecule has 0 heterocycles. The van der Waals surface area contributed by atoms with Gasteiger partial charge in [-0.25, -0.2) is 4.79 Å². The summed E-state index contributed by atoms with van der Waals surface area (Å²) in [5, 5.41) is 0. The Morgan fingerprint density at radius 3 is 2.64 bits per heavy atom. The second-order valence-corrected chi connectivity index (χ2v) is 7.87. The molecule has 3 aliphatic carbocycles. The minimum Gasteiger partial charge on any atom is -0.455 e. The van der Waals surface area contributed by atoms with E-state index in [1.165, 1.54) is 6.42 Å². The van der Waals surface area contributed by atoms with Crippen molar-refractivity contribution in [1.82, 2.24) is 0 Å². The van der Waals surface area contributed by atoms with Gasteiger partial charge in [-0.2, -0.15) is 0 Å². The van der Waals surface area contributed by atoms with Gasteiger partial charge in [0.2, 0.25) is 0 Å². The van der Waals surface area contributed by atoms with Crippen LogP contribution in [0.3, 0.4) is 0 Å². The first-order chi connectivity index (χ1) is 12.1. The molecule has 3 nitrogen and oxygen atoms in total. The summed E-state index contributed by atoms with van der Waals surface area (Å²) in [6, 6.07) is 7.74. The highest BCUT2D eigenvalue weighted by atomic mass is 16.6. The summed E-state index contributed by atoms with van der Waals surface area (Å²) in [4.78, 5) is 24.9. The maximum atomic E-state index is 12.8. The normalized spacial score (nSPS) is 29.8. The van der Waals surface area contributed by atoms with Gasteiger partial charge in [0.1, 0.15) is 11.4 Å². The summed E-state index contributed by atoms with van der Waals surface area (Å²) in [5.41, 5.74) is 1.43. The Hall–Kier alpha value is -1.90. The molecule has 0 radical (unpaired) electrons. The maximum absolute atomic E-state index is 12.8. The van der Waals surface area contributed by atoms with Crippen molar-refractivity contribution in [3.63, 3.8) is 0 Å². The number of ether oxygens (including phenoxy) is 1. The van der Waals surface area contributed by atoms with Gasteiger partial charge in [0.25, 0.3) is 0 Å². The molecule has 2 bridgehead atoms. The predicted octanol–water partition coefficient (Wildman–Crippen LogP) is 4.81. The van der Waals surface area contributed by atoms with Crippen LogP contribution in [-0.2, 0) is 9.53 Å². The second kappa shape index (κ2) is 6.44. The Kier molecular flexibility index (Phi) is 4.26. The van der Waals surface area contributed by atoms with Crippen LogP contribution < -0.4 is 0 Å². The summed E-state index contributed by atoms with van der Waals surface area (Å²) in [6.45, 7) is 2.11. The first-order valence-corrected chi connectivity index (χ1v) is 9.67. The van der Waals surface area contributed by atoms with Gasteiger partial charge >= 0.3 is 5.97 Å². The lowest BCUT2D eigenvalue weighted by Gasteiger charge is -2.36. The molecule has 25 heavy (non-hydrogen) atoms. The summed E-state index contributed by atoms with van der Waals surface area (Å²) >= 11 is 0. The predicted molar refractivity (Wildman–Crippen MR) is 96.4 cm³/mol. The molecule has 0 aliphatic heterocycles. The van der Waals surface area contributed by atoms with Gasteiger partial charge in [-0.1, -0.05) is 37.6 Å². The Balaban J connectivity index is 1.52. The van der Waals surface area contributed by atoms with Crippen molar-refractivity contribution in [3.8, 4) is 0 Å². The van der Waals surface area contributed by atoms with Crippen LogP contribution in [0.1, 0.15) is 73.7 Å². The lowest BCUT2D eigenvalue weighted by Crippen LogP contribution is -2.36. The van der Waals surface area contributed by atoms with Crippen LogP contribution in [0.5, 0.6) is 0 Å². The molecule has 0 saturated heterocycles. The Labute approximate surface area is 149 Å². The third kappa shape index (κ3) is 2.94. The highest BCUT2D eigenvalue weighted by molar-refractivity contribution is 5.93. The zero-order valence-electron chi connectivity index (χ0n) is 14.9. The molecular formula is C22H26O3. The van der Waals surface area contributed by atoms with Crippen molar-refractivity contribution in [2.75, 3.05) is 0 Å². The number of carbonyl (C=O) groups is 2. The lowest BCUT2D eigenvalue weighted by molar-refractivity contribution is -0.120. The number of esters is 1. The molecule has 2 fully saturated rings. The van der Waals surface area contributed by atoms with E-state index in [2.05, 4.69) is 6.92 Å². The molecule has 3 heteroatoms. The molecule has 4 rings (SSSR count). The largest absolute Gasteiger partial charge is 0.455 e. The summed E-state index contributed by atoms with van der Waals surface area (Å²) in [6.07, 6.45) is 11.3. The van der Waals surface area contributed by atoms with Crippen LogP contribution in [0.4, 0.5) is 0 Å². The zero-order chi connectivity index (χ0) is 17.4. The average molecular weight is 338 g/mol. The fourth-order valence-electron chi connectivity index (χ4n) is 4.86. The van der Waals surface area contributed by atoms with Gasteiger partial charge in [0.05, 0.1) is 5.56 Å². The van der Waals surface area contributed by atoms with Gasteiger partial charge < -0.3 is 4.74 Å². The van der Waals surface area contributed by atoms with E-state index in [9.17, 15) is 9.59 Å². The molecule has 1 aromatic rings. The molecule has 0 amide bonds. The lowest BCUT2D eigenvalue weighted by atomic mass is 9.82. The Morgan fingerprint density at radius 1 is 1.20 bits per heavy atom. The van der Waals surface area contributed by atoms with Gasteiger partial charge in [-0.15, -0.1) is 0 Å². The number of allylic oxidation sites excluding steroid dienone is 2. The number of hydrogen-bond acceptors (Lipinski definition) is 3. The van der Waals surface area contributed by atoms with E-state index in [0.717, 1.165) is 44.1 Å².